The maximum Gasteiger partial charge on any atom is 0.257 e. The van der Waals surface area contributed by atoms with Crippen LogP contribution < -0.4 is 10.1 Å². The molecule has 0 aliphatic heterocycles. The van der Waals surface area contributed by atoms with E-state index in [0.29, 0.717) is 6.54 Å². The molecule has 21 heavy (non-hydrogen) atoms. The van der Waals surface area contributed by atoms with Crippen LogP contribution in [0.5, 0.6) is 5.75 Å². The number of nitrogens with one attached hydrogen (secondary N) is 1. The smallest absolute Gasteiger partial charge is 0.257 e. The lowest BCUT2D eigenvalue weighted by molar-refractivity contribution is -0.123. The second-order valence-electron chi connectivity index (χ2n) is 5.64. The number of thiophene rings is 1. The Kier molecular flexibility index (Phi) is 3.97. The van der Waals surface area contributed by atoms with Crippen molar-refractivity contribution < 1.29 is 9.53 Å². The number of rotatable bonds is 6. The van der Waals surface area contributed by atoms with Gasteiger partial charge in [-0.15, -0.1) is 11.3 Å². The fraction of sp³-hybridized carbons (Fsp3) is 0.353. The molecule has 1 heterocycles. The minimum Gasteiger partial charge on any atom is -0.484 e. The summed E-state index contributed by atoms with van der Waals surface area (Å²) in [7, 11) is 0. The molecule has 1 aliphatic carbocycles. The maximum atomic E-state index is 11.9. The molecule has 1 N–H and O–H groups in total. The predicted molar refractivity (Wildman–Crippen MR) is 84.9 cm³/mol. The van der Waals surface area contributed by atoms with Gasteiger partial charge >= 0.3 is 0 Å². The lowest BCUT2D eigenvalue weighted by Gasteiger charge is -2.14. The summed E-state index contributed by atoms with van der Waals surface area (Å²) in [5.74, 6) is 0.684. The zero-order chi connectivity index (χ0) is 14.7. The van der Waals surface area contributed by atoms with Crippen molar-refractivity contribution in [2.75, 3.05) is 13.2 Å². The fourth-order valence-electron chi connectivity index (χ4n) is 2.41. The van der Waals surface area contributed by atoms with Gasteiger partial charge in [-0.3, -0.25) is 4.79 Å². The third-order valence-corrected chi connectivity index (χ3v) is 5.00. The van der Waals surface area contributed by atoms with Crippen molar-refractivity contribution in [3.8, 4) is 5.75 Å². The van der Waals surface area contributed by atoms with Crippen LogP contribution in [0.25, 0.3) is 0 Å². The van der Waals surface area contributed by atoms with Crippen LogP contribution in [0.2, 0.25) is 0 Å². The molecule has 0 bridgehead atoms. The van der Waals surface area contributed by atoms with Crippen LogP contribution in [0.3, 0.4) is 0 Å². The Morgan fingerprint density at radius 3 is 2.86 bits per heavy atom. The first-order valence-electron chi connectivity index (χ1n) is 7.18. The Balaban J connectivity index is 1.47. The summed E-state index contributed by atoms with van der Waals surface area (Å²) >= 11 is 1.77. The molecule has 0 saturated heterocycles. The molecule has 1 saturated carbocycles. The quantitative estimate of drug-likeness (QED) is 0.889. The fourth-order valence-corrected chi connectivity index (χ4v) is 3.40. The van der Waals surface area contributed by atoms with Crippen molar-refractivity contribution in [2.24, 2.45) is 0 Å². The number of hydrogen-bond acceptors (Lipinski definition) is 3. The van der Waals surface area contributed by atoms with Crippen LogP contribution in [-0.4, -0.2) is 19.1 Å². The van der Waals surface area contributed by atoms with Gasteiger partial charge in [0.1, 0.15) is 5.75 Å². The number of aryl methyl sites for hydroxylation is 1. The summed E-state index contributed by atoms with van der Waals surface area (Å²) in [6.45, 7) is 2.79. The van der Waals surface area contributed by atoms with Crippen LogP contribution in [0, 0.1) is 6.92 Å². The molecular weight excluding hydrogens is 282 g/mol. The first-order valence-corrected chi connectivity index (χ1v) is 8.06. The molecule has 3 nitrogen and oxygen atoms in total. The summed E-state index contributed by atoms with van der Waals surface area (Å²) in [6, 6.07) is 12.0. The van der Waals surface area contributed by atoms with Gasteiger partial charge in [0.2, 0.25) is 0 Å². The van der Waals surface area contributed by atoms with Crippen LogP contribution in [0.4, 0.5) is 0 Å². The molecule has 1 amide bonds. The summed E-state index contributed by atoms with van der Waals surface area (Å²) in [5, 5.41) is 5.10. The first-order chi connectivity index (χ1) is 10.2. The van der Waals surface area contributed by atoms with Crippen molar-refractivity contribution in [1.29, 1.82) is 0 Å². The molecule has 110 valence electrons. The van der Waals surface area contributed by atoms with Crippen molar-refractivity contribution in [1.82, 2.24) is 5.32 Å². The van der Waals surface area contributed by atoms with Crippen LogP contribution in [0.1, 0.15) is 23.3 Å². The molecule has 3 rings (SSSR count). The first kappa shape index (κ1) is 14.1. The molecule has 0 atom stereocenters. The van der Waals surface area contributed by atoms with E-state index in [1.807, 2.05) is 31.2 Å². The molecule has 1 fully saturated rings. The summed E-state index contributed by atoms with van der Waals surface area (Å²) in [4.78, 5) is 13.3. The molecular formula is C17H19NO2S. The van der Waals surface area contributed by atoms with Gasteiger partial charge in [0.25, 0.3) is 5.91 Å². The third kappa shape index (κ3) is 3.45. The summed E-state index contributed by atoms with van der Waals surface area (Å²) in [6.07, 6.45) is 2.32. The number of carbonyl (C=O) groups excluding carboxylic acids is 1. The van der Waals surface area contributed by atoms with Gasteiger partial charge in [0.05, 0.1) is 0 Å². The second kappa shape index (κ2) is 5.90. The van der Waals surface area contributed by atoms with E-state index >= 15 is 0 Å². The van der Waals surface area contributed by atoms with E-state index in [9.17, 15) is 4.79 Å². The average Bonchev–Trinajstić information content (AvgIpc) is 3.06. The highest BCUT2D eigenvalue weighted by Gasteiger charge is 2.45. The number of ether oxygens (including phenoxy) is 1. The lowest BCUT2D eigenvalue weighted by Crippen LogP contribution is -2.35. The molecule has 0 radical (unpaired) electrons. The van der Waals surface area contributed by atoms with E-state index in [1.165, 1.54) is 4.88 Å². The molecule has 2 aromatic rings. The van der Waals surface area contributed by atoms with Crippen LogP contribution in [-0.2, 0) is 10.2 Å². The highest BCUT2D eigenvalue weighted by Crippen LogP contribution is 2.49. The molecule has 1 aromatic carbocycles. The van der Waals surface area contributed by atoms with Gasteiger partial charge in [0.15, 0.2) is 6.61 Å². The lowest BCUT2D eigenvalue weighted by atomic mass is 10.1. The standard InChI is InChI=1S/C17H19NO2S/c1-13-4-2-5-14(10-13)20-11-16(19)18-12-17(7-8-17)15-6-3-9-21-15/h2-6,9-10H,7-8,11-12H2,1H3,(H,18,19). The van der Waals surface area contributed by atoms with Gasteiger partial charge in [0, 0.05) is 16.8 Å². The van der Waals surface area contributed by atoms with Gasteiger partial charge in [-0.25, -0.2) is 0 Å². The van der Waals surface area contributed by atoms with Gasteiger partial charge in [-0.1, -0.05) is 18.2 Å². The zero-order valence-corrected chi connectivity index (χ0v) is 12.9. The molecule has 0 unspecified atom stereocenters. The van der Waals surface area contributed by atoms with E-state index in [1.54, 1.807) is 11.3 Å². The van der Waals surface area contributed by atoms with Crippen molar-refractivity contribution in [3.63, 3.8) is 0 Å². The van der Waals surface area contributed by atoms with E-state index in [-0.39, 0.29) is 17.9 Å². The van der Waals surface area contributed by atoms with Crippen molar-refractivity contribution in [3.05, 3.63) is 52.2 Å². The van der Waals surface area contributed by atoms with Crippen LogP contribution >= 0.6 is 11.3 Å². The Morgan fingerprint density at radius 2 is 2.19 bits per heavy atom. The van der Waals surface area contributed by atoms with Gasteiger partial charge in [-0.05, 0) is 48.9 Å². The van der Waals surface area contributed by atoms with Crippen molar-refractivity contribution >= 4 is 17.2 Å². The van der Waals surface area contributed by atoms with E-state index in [2.05, 4.69) is 22.8 Å². The minimum absolute atomic E-state index is 0.0562. The molecule has 0 spiro atoms. The number of hydrogen-bond donors (Lipinski definition) is 1. The topological polar surface area (TPSA) is 38.3 Å². The molecule has 4 heteroatoms. The Labute approximate surface area is 129 Å². The van der Waals surface area contributed by atoms with E-state index in [4.69, 9.17) is 4.74 Å². The largest absolute Gasteiger partial charge is 0.484 e. The average molecular weight is 301 g/mol. The zero-order valence-electron chi connectivity index (χ0n) is 12.1. The Morgan fingerprint density at radius 1 is 1.33 bits per heavy atom. The van der Waals surface area contributed by atoms with Gasteiger partial charge in [-0.2, -0.15) is 0 Å². The normalized spacial score (nSPS) is 15.5. The summed E-state index contributed by atoms with van der Waals surface area (Å²) in [5.41, 5.74) is 1.32. The monoisotopic (exact) mass is 301 g/mol. The number of benzene rings is 1. The van der Waals surface area contributed by atoms with Gasteiger partial charge < -0.3 is 10.1 Å². The highest BCUT2D eigenvalue weighted by atomic mass is 32.1. The van der Waals surface area contributed by atoms with Crippen LogP contribution in [0.15, 0.2) is 41.8 Å². The van der Waals surface area contributed by atoms with Crippen molar-refractivity contribution in [2.45, 2.75) is 25.2 Å². The SMILES string of the molecule is Cc1cccc(OCC(=O)NCC2(c3cccs3)CC2)c1. The molecule has 1 aromatic heterocycles. The second-order valence-corrected chi connectivity index (χ2v) is 6.59. The number of amides is 1. The Hall–Kier alpha value is -1.81. The summed E-state index contributed by atoms with van der Waals surface area (Å²) < 4.78 is 5.52. The minimum atomic E-state index is -0.0562. The maximum absolute atomic E-state index is 11.9. The Bertz CT molecular complexity index is 617. The predicted octanol–water partition coefficient (Wildman–Crippen LogP) is 3.28. The third-order valence-electron chi connectivity index (χ3n) is 3.88. The highest BCUT2D eigenvalue weighted by molar-refractivity contribution is 7.10. The van der Waals surface area contributed by atoms with E-state index in [0.717, 1.165) is 24.2 Å². The number of carbonyl (C=O) groups is 1. The van der Waals surface area contributed by atoms with E-state index < -0.39 is 0 Å². The molecule has 1 aliphatic rings.